The van der Waals surface area contributed by atoms with Crippen molar-refractivity contribution in [3.63, 3.8) is 0 Å². The monoisotopic (exact) mass is 312 g/mol. The number of aromatic nitrogens is 1. The van der Waals surface area contributed by atoms with Gasteiger partial charge in [0.25, 0.3) is 0 Å². The van der Waals surface area contributed by atoms with Crippen LogP contribution >= 0.6 is 0 Å². The lowest BCUT2D eigenvalue weighted by Gasteiger charge is -2.37. The van der Waals surface area contributed by atoms with Crippen molar-refractivity contribution in [2.45, 2.75) is 45.6 Å². The summed E-state index contributed by atoms with van der Waals surface area (Å²) in [6, 6.07) is 4.57. The minimum Gasteiger partial charge on any atom is -0.355 e. The van der Waals surface area contributed by atoms with E-state index >= 15 is 0 Å². The molecule has 0 aromatic carbocycles. The lowest BCUT2D eigenvalue weighted by atomic mass is 10.0. The van der Waals surface area contributed by atoms with Crippen LogP contribution in [0.5, 0.6) is 0 Å². The van der Waals surface area contributed by atoms with Gasteiger partial charge in [0.2, 0.25) is 5.91 Å². The molecule has 0 atom stereocenters. The molecule has 1 saturated heterocycles. The minimum absolute atomic E-state index is 0.282. The predicted octanol–water partition coefficient (Wildman–Crippen LogP) is 2.41. The van der Waals surface area contributed by atoms with Gasteiger partial charge in [-0.05, 0) is 51.2 Å². The molecule has 2 heterocycles. The molecule has 0 unspecified atom stereocenters. The Kier molecular flexibility index (Phi) is 4.25. The van der Waals surface area contributed by atoms with Crippen LogP contribution in [0.25, 0.3) is 0 Å². The Balaban J connectivity index is 1.70. The third kappa shape index (κ3) is 3.17. The van der Waals surface area contributed by atoms with E-state index in [1.165, 1.54) is 0 Å². The molecule has 23 heavy (non-hydrogen) atoms. The summed E-state index contributed by atoms with van der Waals surface area (Å²) < 4.78 is 0. The summed E-state index contributed by atoms with van der Waals surface area (Å²) in [5.74, 6) is 1.40. The van der Waals surface area contributed by atoms with Crippen LogP contribution in [-0.2, 0) is 4.79 Å². The molecule has 1 aromatic rings. The normalized spacial score (nSPS) is 18.6. The van der Waals surface area contributed by atoms with E-state index in [0.29, 0.717) is 17.5 Å². The number of carbonyl (C=O) groups excluding carboxylic acids is 1. The number of rotatable bonds is 3. The van der Waals surface area contributed by atoms with Crippen molar-refractivity contribution in [3.05, 3.63) is 22.9 Å². The zero-order valence-electron chi connectivity index (χ0n) is 14.2. The highest BCUT2D eigenvalue weighted by atomic mass is 16.2. The number of amides is 1. The molecule has 0 radical (unpaired) electrons. The average Bonchev–Trinajstić information content (AvgIpc) is 3.38. The standard InChI is InChI=1S/C18H24N4O/c1-12-10-13(2)20-17(16(12)11-19)22-8-6-15(7-9-22)21(3)18(23)14-4-5-14/h10,14-15H,4-9H2,1-3H3. The molecule has 5 nitrogen and oxygen atoms in total. The van der Waals surface area contributed by atoms with Crippen molar-refractivity contribution in [3.8, 4) is 6.07 Å². The van der Waals surface area contributed by atoms with Gasteiger partial charge in [0, 0.05) is 37.8 Å². The second kappa shape index (κ2) is 6.19. The van der Waals surface area contributed by atoms with E-state index in [0.717, 1.165) is 55.8 Å². The Hall–Kier alpha value is -2.09. The van der Waals surface area contributed by atoms with Gasteiger partial charge in [-0.1, -0.05) is 0 Å². The highest BCUT2D eigenvalue weighted by molar-refractivity contribution is 5.81. The molecule has 0 N–H and O–H groups in total. The van der Waals surface area contributed by atoms with Crippen molar-refractivity contribution in [1.29, 1.82) is 5.26 Å². The number of piperidine rings is 1. The minimum atomic E-state index is 0.282. The van der Waals surface area contributed by atoms with E-state index in [1.807, 2.05) is 31.9 Å². The lowest BCUT2D eigenvalue weighted by molar-refractivity contribution is -0.133. The first kappa shape index (κ1) is 15.8. The molecule has 2 fully saturated rings. The largest absolute Gasteiger partial charge is 0.355 e. The van der Waals surface area contributed by atoms with Crippen LogP contribution in [0.4, 0.5) is 5.82 Å². The third-order valence-electron chi connectivity index (χ3n) is 5.02. The molecular weight excluding hydrogens is 288 g/mol. The summed E-state index contributed by atoms with van der Waals surface area (Å²) in [6.07, 6.45) is 3.99. The zero-order chi connectivity index (χ0) is 16.6. The van der Waals surface area contributed by atoms with Crippen molar-refractivity contribution >= 4 is 11.7 Å². The summed E-state index contributed by atoms with van der Waals surface area (Å²) in [6.45, 7) is 5.62. The Morgan fingerprint density at radius 1 is 1.30 bits per heavy atom. The Labute approximate surface area is 137 Å². The van der Waals surface area contributed by atoms with E-state index in [9.17, 15) is 10.1 Å². The molecule has 1 aliphatic heterocycles. The smallest absolute Gasteiger partial charge is 0.225 e. The molecule has 1 saturated carbocycles. The quantitative estimate of drug-likeness (QED) is 0.860. The molecule has 122 valence electrons. The number of pyridine rings is 1. The second-order valence-electron chi connectivity index (χ2n) is 6.83. The van der Waals surface area contributed by atoms with Crippen molar-refractivity contribution < 1.29 is 4.79 Å². The number of anilines is 1. The third-order valence-corrected chi connectivity index (χ3v) is 5.02. The van der Waals surface area contributed by atoms with Crippen LogP contribution in [0.15, 0.2) is 6.07 Å². The summed E-state index contributed by atoms with van der Waals surface area (Å²) in [4.78, 5) is 20.9. The second-order valence-corrected chi connectivity index (χ2v) is 6.83. The van der Waals surface area contributed by atoms with E-state index < -0.39 is 0 Å². The Bertz CT molecular complexity index is 652. The first-order valence-electron chi connectivity index (χ1n) is 8.41. The number of carbonyl (C=O) groups is 1. The van der Waals surface area contributed by atoms with Crippen molar-refractivity contribution in [1.82, 2.24) is 9.88 Å². The molecule has 1 amide bonds. The molecule has 1 aliphatic carbocycles. The molecule has 0 spiro atoms. The number of nitriles is 1. The van der Waals surface area contributed by atoms with Crippen molar-refractivity contribution in [2.24, 2.45) is 5.92 Å². The molecule has 0 bridgehead atoms. The Morgan fingerprint density at radius 2 is 1.96 bits per heavy atom. The summed E-state index contributed by atoms with van der Waals surface area (Å²) in [5, 5.41) is 9.43. The van der Waals surface area contributed by atoms with E-state index in [-0.39, 0.29) is 5.92 Å². The van der Waals surface area contributed by atoms with Crippen LogP contribution in [0.3, 0.4) is 0 Å². The maximum atomic E-state index is 12.2. The van der Waals surface area contributed by atoms with E-state index in [2.05, 4.69) is 16.0 Å². The number of hydrogen-bond donors (Lipinski definition) is 0. The summed E-state index contributed by atoms with van der Waals surface area (Å²) >= 11 is 0. The fourth-order valence-corrected chi connectivity index (χ4v) is 3.45. The summed E-state index contributed by atoms with van der Waals surface area (Å²) in [5.41, 5.74) is 2.61. The lowest BCUT2D eigenvalue weighted by Crippen LogP contribution is -2.46. The molecule has 2 aliphatic rings. The summed E-state index contributed by atoms with van der Waals surface area (Å²) in [7, 11) is 1.94. The van der Waals surface area contributed by atoms with Crippen molar-refractivity contribution in [2.75, 3.05) is 25.0 Å². The number of aryl methyl sites for hydroxylation is 2. The van der Waals surface area contributed by atoms with Gasteiger partial charge in [0.05, 0.1) is 5.56 Å². The zero-order valence-corrected chi connectivity index (χ0v) is 14.2. The van der Waals surface area contributed by atoms with Gasteiger partial charge < -0.3 is 9.80 Å². The van der Waals surface area contributed by atoms with Gasteiger partial charge >= 0.3 is 0 Å². The fourth-order valence-electron chi connectivity index (χ4n) is 3.45. The van der Waals surface area contributed by atoms with E-state index in [4.69, 9.17) is 0 Å². The highest BCUT2D eigenvalue weighted by Gasteiger charge is 2.35. The number of nitrogens with zero attached hydrogens (tertiary/aromatic N) is 4. The molecule has 3 rings (SSSR count). The maximum absolute atomic E-state index is 12.2. The molecular formula is C18H24N4O. The first-order chi connectivity index (χ1) is 11.0. The predicted molar refractivity (Wildman–Crippen MR) is 89.2 cm³/mol. The average molecular weight is 312 g/mol. The molecule has 5 heteroatoms. The van der Waals surface area contributed by atoms with Gasteiger partial charge in [-0.3, -0.25) is 4.79 Å². The van der Waals surface area contributed by atoms with Crippen LogP contribution in [0.1, 0.15) is 42.5 Å². The van der Waals surface area contributed by atoms with Crippen LogP contribution in [0, 0.1) is 31.1 Å². The maximum Gasteiger partial charge on any atom is 0.225 e. The first-order valence-corrected chi connectivity index (χ1v) is 8.41. The van der Waals surface area contributed by atoms with Crippen LogP contribution < -0.4 is 4.90 Å². The molecule has 1 aromatic heterocycles. The Morgan fingerprint density at radius 3 is 2.52 bits per heavy atom. The highest BCUT2D eigenvalue weighted by Crippen LogP contribution is 2.33. The van der Waals surface area contributed by atoms with Crippen LogP contribution in [-0.4, -0.2) is 42.0 Å². The van der Waals surface area contributed by atoms with Gasteiger partial charge in [-0.25, -0.2) is 4.98 Å². The SMILES string of the molecule is Cc1cc(C)c(C#N)c(N2CCC(N(C)C(=O)C3CC3)CC2)n1. The topological polar surface area (TPSA) is 60.2 Å². The van der Waals surface area contributed by atoms with Gasteiger partial charge in [0.1, 0.15) is 11.9 Å². The number of hydrogen-bond acceptors (Lipinski definition) is 4. The van der Waals surface area contributed by atoms with Crippen LogP contribution in [0.2, 0.25) is 0 Å². The van der Waals surface area contributed by atoms with Gasteiger partial charge in [0.15, 0.2) is 0 Å². The fraction of sp³-hybridized carbons (Fsp3) is 0.611. The van der Waals surface area contributed by atoms with Gasteiger partial charge in [-0.2, -0.15) is 5.26 Å². The van der Waals surface area contributed by atoms with Gasteiger partial charge in [-0.15, -0.1) is 0 Å². The van der Waals surface area contributed by atoms with E-state index in [1.54, 1.807) is 0 Å².